The second-order valence-electron chi connectivity index (χ2n) is 4.39. The van der Waals surface area contributed by atoms with E-state index in [1.807, 2.05) is 0 Å². The molecule has 8 nitrogen and oxygen atoms in total. The number of esters is 2. The van der Waals surface area contributed by atoms with Gasteiger partial charge in [0.1, 0.15) is 12.2 Å². The van der Waals surface area contributed by atoms with Gasteiger partial charge >= 0.3 is 17.7 Å². The Morgan fingerprint density at radius 1 is 1.09 bits per heavy atom. The number of benzene rings is 1. The number of ether oxygens (including phenoxy) is 2. The standard InChI is InChI=1S/C15H13NO7/c1-21-11(17)8-10-12(14(19)22-2)13(18)16(15(20)23-10)9-6-4-3-5-7-9/h3-7H,8H2,1-2H3. The molecular weight excluding hydrogens is 306 g/mol. The van der Waals surface area contributed by atoms with E-state index in [-0.39, 0.29) is 5.69 Å². The highest BCUT2D eigenvalue weighted by atomic mass is 16.5. The van der Waals surface area contributed by atoms with Gasteiger partial charge in [0.2, 0.25) is 0 Å². The summed E-state index contributed by atoms with van der Waals surface area (Å²) in [5, 5.41) is 0. The maximum atomic E-state index is 12.5. The van der Waals surface area contributed by atoms with Crippen molar-refractivity contribution in [1.82, 2.24) is 4.57 Å². The summed E-state index contributed by atoms with van der Waals surface area (Å²) in [6.45, 7) is 0. The zero-order valence-electron chi connectivity index (χ0n) is 12.4. The SMILES string of the molecule is COC(=O)Cc1oc(=O)n(-c2ccccc2)c(=O)c1C(=O)OC. The first-order chi connectivity index (χ1) is 11.0. The Morgan fingerprint density at radius 3 is 2.30 bits per heavy atom. The fourth-order valence-electron chi connectivity index (χ4n) is 1.95. The third-order valence-electron chi connectivity index (χ3n) is 3.03. The summed E-state index contributed by atoms with van der Waals surface area (Å²) in [5.74, 6) is -3.20. The first kappa shape index (κ1) is 16.2. The molecule has 1 heterocycles. The minimum absolute atomic E-state index is 0.223. The molecule has 2 rings (SSSR count). The molecule has 23 heavy (non-hydrogen) atoms. The largest absolute Gasteiger partial charge is 0.469 e. The van der Waals surface area contributed by atoms with Gasteiger partial charge in [0.25, 0.3) is 5.56 Å². The van der Waals surface area contributed by atoms with Crippen LogP contribution in [-0.4, -0.2) is 30.7 Å². The van der Waals surface area contributed by atoms with Crippen molar-refractivity contribution in [3.05, 3.63) is 62.6 Å². The van der Waals surface area contributed by atoms with Crippen LogP contribution in [0.3, 0.4) is 0 Å². The predicted molar refractivity (Wildman–Crippen MR) is 77.6 cm³/mol. The van der Waals surface area contributed by atoms with Crippen molar-refractivity contribution in [2.45, 2.75) is 6.42 Å². The van der Waals surface area contributed by atoms with E-state index in [0.29, 0.717) is 4.57 Å². The lowest BCUT2D eigenvalue weighted by Gasteiger charge is -2.09. The predicted octanol–water partition coefficient (Wildman–Crippen LogP) is 0.293. The Morgan fingerprint density at radius 2 is 1.74 bits per heavy atom. The lowest BCUT2D eigenvalue weighted by Crippen LogP contribution is -2.37. The zero-order chi connectivity index (χ0) is 17.0. The Labute approximate surface area is 129 Å². The van der Waals surface area contributed by atoms with E-state index in [1.165, 1.54) is 12.1 Å². The topological polar surface area (TPSA) is 105 Å². The number of para-hydroxylation sites is 1. The third kappa shape index (κ3) is 3.20. The van der Waals surface area contributed by atoms with Crippen LogP contribution < -0.4 is 11.3 Å². The highest BCUT2D eigenvalue weighted by molar-refractivity contribution is 5.91. The van der Waals surface area contributed by atoms with Crippen LogP contribution in [0.15, 0.2) is 44.3 Å². The minimum atomic E-state index is -1.02. The van der Waals surface area contributed by atoms with E-state index in [4.69, 9.17) is 4.42 Å². The van der Waals surface area contributed by atoms with Crippen molar-refractivity contribution in [2.75, 3.05) is 14.2 Å². The number of carbonyl (C=O) groups is 2. The number of carbonyl (C=O) groups excluding carboxylic acids is 2. The molecule has 0 N–H and O–H groups in total. The van der Waals surface area contributed by atoms with E-state index < -0.39 is 41.0 Å². The first-order valence-corrected chi connectivity index (χ1v) is 6.49. The number of methoxy groups -OCH3 is 2. The van der Waals surface area contributed by atoms with Gasteiger partial charge in [-0.1, -0.05) is 18.2 Å². The van der Waals surface area contributed by atoms with Gasteiger partial charge in [-0.2, -0.15) is 0 Å². The summed E-state index contributed by atoms with van der Waals surface area (Å²) < 4.78 is 14.7. The van der Waals surface area contributed by atoms with Gasteiger partial charge < -0.3 is 13.9 Å². The number of hydrogen-bond donors (Lipinski definition) is 0. The fourth-order valence-corrected chi connectivity index (χ4v) is 1.95. The number of aromatic nitrogens is 1. The lowest BCUT2D eigenvalue weighted by atomic mass is 10.2. The van der Waals surface area contributed by atoms with Gasteiger partial charge in [-0.25, -0.2) is 14.2 Å². The van der Waals surface area contributed by atoms with Crippen molar-refractivity contribution in [2.24, 2.45) is 0 Å². The van der Waals surface area contributed by atoms with Crippen LogP contribution in [0.1, 0.15) is 16.1 Å². The average Bonchev–Trinajstić information content (AvgIpc) is 2.55. The molecule has 2 aromatic rings. The Hall–Kier alpha value is -3.16. The van der Waals surface area contributed by atoms with Crippen LogP contribution in [0, 0.1) is 0 Å². The lowest BCUT2D eigenvalue weighted by molar-refractivity contribution is -0.140. The molecule has 0 fully saturated rings. The van der Waals surface area contributed by atoms with E-state index in [9.17, 15) is 19.2 Å². The maximum absolute atomic E-state index is 12.5. The van der Waals surface area contributed by atoms with Gasteiger partial charge in [-0.15, -0.1) is 0 Å². The van der Waals surface area contributed by atoms with Crippen LogP contribution >= 0.6 is 0 Å². The highest BCUT2D eigenvalue weighted by Gasteiger charge is 2.25. The summed E-state index contributed by atoms with van der Waals surface area (Å²) in [6.07, 6.45) is -0.541. The molecule has 0 saturated carbocycles. The molecule has 0 aliphatic heterocycles. The quantitative estimate of drug-likeness (QED) is 0.746. The average molecular weight is 319 g/mol. The molecule has 8 heteroatoms. The number of hydrogen-bond acceptors (Lipinski definition) is 7. The second-order valence-corrected chi connectivity index (χ2v) is 4.39. The molecule has 0 bridgehead atoms. The fraction of sp³-hybridized carbons (Fsp3) is 0.200. The molecule has 0 atom stereocenters. The molecular formula is C15H13NO7. The maximum Gasteiger partial charge on any atom is 0.426 e. The van der Waals surface area contributed by atoms with Gasteiger partial charge in [0.15, 0.2) is 5.56 Å². The molecule has 1 aromatic carbocycles. The summed E-state index contributed by atoms with van der Waals surface area (Å²) in [5.41, 5.74) is -1.24. The van der Waals surface area contributed by atoms with Gasteiger partial charge in [-0.05, 0) is 12.1 Å². The van der Waals surface area contributed by atoms with Crippen LogP contribution in [0.25, 0.3) is 5.69 Å². The van der Waals surface area contributed by atoms with Crippen LogP contribution in [0.2, 0.25) is 0 Å². The van der Waals surface area contributed by atoms with Crippen molar-refractivity contribution < 1.29 is 23.5 Å². The molecule has 0 radical (unpaired) electrons. The zero-order valence-corrected chi connectivity index (χ0v) is 12.4. The van der Waals surface area contributed by atoms with Crippen molar-refractivity contribution in [3.63, 3.8) is 0 Å². The van der Waals surface area contributed by atoms with E-state index in [2.05, 4.69) is 9.47 Å². The van der Waals surface area contributed by atoms with Gasteiger partial charge in [-0.3, -0.25) is 9.59 Å². The normalized spacial score (nSPS) is 10.2. The Bertz CT molecular complexity index is 848. The smallest absolute Gasteiger partial charge is 0.426 e. The Kier molecular flexibility index (Phi) is 4.75. The molecule has 0 spiro atoms. The highest BCUT2D eigenvalue weighted by Crippen LogP contribution is 2.08. The molecule has 0 unspecified atom stereocenters. The van der Waals surface area contributed by atoms with Crippen LogP contribution in [-0.2, 0) is 20.7 Å². The molecule has 0 amide bonds. The van der Waals surface area contributed by atoms with Crippen LogP contribution in [0.4, 0.5) is 0 Å². The summed E-state index contributed by atoms with van der Waals surface area (Å²) in [4.78, 5) is 47.9. The van der Waals surface area contributed by atoms with E-state index in [0.717, 1.165) is 14.2 Å². The summed E-state index contributed by atoms with van der Waals surface area (Å²) >= 11 is 0. The molecule has 1 aromatic heterocycles. The van der Waals surface area contributed by atoms with Gasteiger partial charge in [0.05, 0.1) is 19.9 Å². The Balaban J connectivity index is 2.74. The molecule has 120 valence electrons. The van der Waals surface area contributed by atoms with Crippen molar-refractivity contribution >= 4 is 11.9 Å². The summed E-state index contributed by atoms with van der Waals surface area (Å²) in [7, 11) is 2.20. The molecule has 0 aliphatic rings. The first-order valence-electron chi connectivity index (χ1n) is 6.49. The van der Waals surface area contributed by atoms with E-state index >= 15 is 0 Å². The molecule has 0 saturated heterocycles. The minimum Gasteiger partial charge on any atom is -0.469 e. The number of nitrogens with zero attached hydrogens (tertiary/aromatic N) is 1. The van der Waals surface area contributed by atoms with Gasteiger partial charge in [0, 0.05) is 0 Å². The van der Waals surface area contributed by atoms with Crippen LogP contribution in [0.5, 0.6) is 0 Å². The van der Waals surface area contributed by atoms with Crippen molar-refractivity contribution in [3.8, 4) is 5.69 Å². The summed E-state index contributed by atoms with van der Waals surface area (Å²) in [6, 6.07) is 7.92. The van der Waals surface area contributed by atoms with Crippen molar-refractivity contribution in [1.29, 1.82) is 0 Å². The molecule has 0 aliphatic carbocycles. The number of rotatable bonds is 4. The van der Waals surface area contributed by atoms with E-state index in [1.54, 1.807) is 18.2 Å². The third-order valence-corrected chi connectivity index (χ3v) is 3.03. The second kappa shape index (κ2) is 6.73. The monoisotopic (exact) mass is 319 g/mol.